The van der Waals surface area contributed by atoms with Crippen molar-refractivity contribution in [3.8, 4) is 5.75 Å². The average Bonchev–Trinajstić information content (AvgIpc) is 2.52. The minimum Gasteiger partial charge on any atom is -0.484 e. The molecule has 0 saturated heterocycles. The summed E-state index contributed by atoms with van der Waals surface area (Å²) >= 11 is 0. The molecule has 114 valence electrons. The molecule has 0 aromatic heterocycles. The zero-order valence-corrected chi connectivity index (χ0v) is 12.1. The molecule has 3 N–H and O–H groups in total. The molecule has 5 nitrogen and oxygen atoms in total. The first-order chi connectivity index (χ1) is 10.1. The van der Waals surface area contributed by atoms with E-state index in [1.54, 1.807) is 24.3 Å². The fourth-order valence-electron chi connectivity index (χ4n) is 2.56. The molecule has 21 heavy (non-hydrogen) atoms. The number of ether oxygens (including phenoxy) is 1. The maximum atomic E-state index is 11.7. The SMILES string of the molecule is NC(=O)c1ccc(OCC(=O)NCC2CCCCC2)cc1. The van der Waals surface area contributed by atoms with Gasteiger partial charge in [0, 0.05) is 12.1 Å². The summed E-state index contributed by atoms with van der Waals surface area (Å²) < 4.78 is 5.38. The lowest BCUT2D eigenvalue weighted by Crippen LogP contribution is -2.33. The van der Waals surface area contributed by atoms with E-state index in [0.29, 0.717) is 17.2 Å². The molecule has 0 aliphatic heterocycles. The number of nitrogens with one attached hydrogen (secondary N) is 1. The largest absolute Gasteiger partial charge is 0.484 e. The third-order valence-electron chi connectivity index (χ3n) is 3.82. The van der Waals surface area contributed by atoms with Gasteiger partial charge in [0.2, 0.25) is 5.91 Å². The summed E-state index contributed by atoms with van der Waals surface area (Å²) in [4.78, 5) is 22.7. The smallest absolute Gasteiger partial charge is 0.257 e. The lowest BCUT2D eigenvalue weighted by Gasteiger charge is -2.21. The third kappa shape index (κ3) is 5.10. The number of rotatable bonds is 6. The van der Waals surface area contributed by atoms with Crippen LogP contribution in [0.3, 0.4) is 0 Å². The van der Waals surface area contributed by atoms with Gasteiger partial charge in [-0.25, -0.2) is 0 Å². The second-order valence-electron chi connectivity index (χ2n) is 5.49. The van der Waals surface area contributed by atoms with Crippen molar-refractivity contribution in [2.75, 3.05) is 13.2 Å². The monoisotopic (exact) mass is 290 g/mol. The van der Waals surface area contributed by atoms with Crippen LogP contribution in [-0.4, -0.2) is 25.0 Å². The van der Waals surface area contributed by atoms with Crippen molar-refractivity contribution in [2.45, 2.75) is 32.1 Å². The Bertz CT molecular complexity index is 479. The summed E-state index contributed by atoms with van der Waals surface area (Å²) in [5.74, 6) is 0.566. The first-order valence-corrected chi connectivity index (χ1v) is 7.44. The number of carbonyl (C=O) groups excluding carboxylic acids is 2. The number of benzene rings is 1. The Morgan fingerprint density at radius 3 is 2.43 bits per heavy atom. The number of carbonyl (C=O) groups is 2. The Morgan fingerprint density at radius 1 is 1.14 bits per heavy atom. The second-order valence-corrected chi connectivity index (χ2v) is 5.49. The lowest BCUT2D eigenvalue weighted by molar-refractivity contribution is -0.123. The minimum atomic E-state index is -0.480. The van der Waals surface area contributed by atoms with Crippen LogP contribution in [0.5, 0.6) is 5.75 Å². The van der Waals surface area contributed by atoms with Crippen LogP contribution in [0.25, 0.3) is 0 Å². The summed E-state index contributed by atoms with van der Waals surface area (Å²) in [6, 6.07) is 6.43. The number of hydrogen-bond acceptors (Lipinski definition) is 3. The fraction of sp³-hybridized carbons (Fsp3) is 0.500. The van der Waals surface area contributed by atoms with Crippen LogP contribution >= 0.6 is 0 Å². The van der Waals surface area contributed by atoms with E-state index in [4.69, 9.17) is 10.5 Å². The molecule has 0 radical (unpaired) electrons. The highest BCUT2D eigenvalue weighted by atomic mass is 16.5. The van der Waals surface area contributed by atoms with E-state index in [1.165, 1.54) is 32.1 Å². The normalized spacial score (nSPS) is 15.4. The minimum absolute atomic E-state index is 0.0113. The van der Waals surface area contributed by atoms with E-state index >= 15 is 0 Å². The van der Waals surface area contributed by atoms with Gasteiger partial charge in [-0.05, 0) is 43.0 Å². The van der Waals surface area contributed by atoms with Crippen LogP contribution < -0.4 is 15.8 Å². The predicted molar refractivity (Wildman–Crippen MR) is 80.0 cm³/mol. The van der Waals surface area contributed by atoms with E-state index in [-0.39, 0.29) is 12.5 Å². The van der Waals surface area contributed by atoms with Crippen molar-refractivity contribution in [1.82, 2.24) is 5.32 Å². The highest BCUT2D eigenvalue weighted by Crippen LogP contribution is 2.22. The van der Waals surface area contributed by atoms with Crippen LogP contribution in [0, 0.1) is 5.92 Å². The van der Waals surface area contributed by atoms with Gasteiger partial charge in [0.25, 0.3) is 5.91 Å². The van der Waals surface area contributed by atoms with E-state index in [9.17, 15) is 9.59 Å². The van der Waals surface area contributed by atoms with Gasteiger partial charge in [-0.15, -0.1) is 0 Å². The maximum absolute atomic E-state index is 11.7. The molecular weight excluding hydrogens is 268 g/mol. The number of hydrogen-bond donors (Lipinski definition) is 2. The standard InChI is InChI=1S/C16H22N2O3/c17-16(20)13-6-8-14(9-7-13)21-11-15(19)18-10-12-4-2-1-3-5-12/h6-9,12H,1-5,10-11H2,(H2,17,20)(H,18,19). The van der Waals surface area contributed by atoms with Crippen molar-refractivity contribution in [2.24, 2.45) is 11.7 Å². The van der Waals surface area contributed by atoms with Gasteiger partial charge in [-0.2, -0.15) is 0 Å². The number of nitrogens with two attached hydrogens (primary N) is 1. The molecule has 1 fully saturated rings. The maximum Gasteiger partial charge on any atom is 0.257 e. The fourth-order valence-corrected chi connectivity index (χ4v) is 2.56. The first-order valence-electron chi connectivity index (χ1n) is 7.44. The zero-order valence-electron chi connectivity index (χ0n) is 12.1. The zero-order chi connectivity index (χ0) is 15.1. The third-order valence-corrected chi connectivity index (χ3v) is 3.82. The first kappa shape index (κ1) is 15.4. The summed E-state index contributed by atoms with van der Waals surface area (Å²) in [5, 5.41) is 2.91. The van der Waals surface area contributed by atoms with Crippen LogP contribution in [0.15, 0.2) is 24.3 Å². The van der Waals surface area contributed by atoms with Crippen molar-refractivity contribution < 1.29 is 14.3 Å². The van der Waals surface area contributed by atoms with E-state index in [2.05, 4.69) is 5.32 Å². The van der Waals surface area contributed by atoms with Crippen molar-refractivity contribution >= 4 is 11.8 Å². The summed E-state index contributed by atoms with van der Waals surface area (Å²) in [7, 11) is 0. The van der Waals surface area contributed by atoms with Gasteiger partial charge >= 0.3 is 0 Å². The van der Waals surface area contributed by atoms with Crippen LogP contribution in [0.2, 0.25) is 0 Å². The summed E-state index contributed by atoms with van der Waals surface area (Å²) in [6.45, 7) is 0.728. The van der Waals surface area contributed by atoms with E-state index in [1.807, 2.05) is 0 Å². The van der Waals surface area contributed by atoms with Gasteiger partial charge in [-0.3, -0.25) is 9.59 Å². The molecule has 0 bridgehead atoms. The number of primary amides is 1. The quantitative estimate of drug-likeness (QED) is 0.839. The predicted octanol–water partition coefficient (Wildman–Crippen LogP) is 1.86. The van der Waals surface area contributed by atoms with Crippen molar-refractivity contribution in [3.63, 3.8) is 0 Å². The van der Waals surface area contributed by atoms with Gasteiger partial charge in [0.1, 0.15) is 5.75 Å². The molecule has 0 atom stereocenters. The molecule has 0 heterocycles. The van der Waals surface area contributed by atoms with Gasteiger partial charge in [0.05, 0.1) is 0 Å². The molecule has 1 aromatic carbocycles. The molecule has 5 heteroatoms. The average molecular weight is 290 g/mol. The Hall–Kier alpha value is -2.04. The van der Waals surface area contributed by atoms with Crippen LogP contribution in [0.4, 0.5) is 0 Å². The second kappa shape index (κ2) is 7.67. The highest BCUT2D eigenvalue weighted by Gasteiger charge is 2.14. The summed E-state index contributed by atoms with van der Waals surface area (Å²) in [5.41, 5.74) is 5.57. The van der Waals surface area contributed by atoms with Crippen LogP contribution in [-0.2, 0) is 4.79 Å². The van der Waals surface area contributed by atoms with Gasteiger partial charge in [0.15, 0.2) is 6.61 Å². The van der Waals surface area contributed by atoms with Crippen molar-refractivity contribution in [3.05, 3.63) is 29.8 Å². The topological polar surface area (TPSA) is 81.4 Å². The van der Waals surface area contributed by atoms with Crippen molar-refractivity contribution in [1.29, 1.82) is 0 Å². The van der Waals surface area contributed by atoms with E-state index in [0.717, 1.165) is 6.54 Å². The highest BCUT2D eigenvalue weighted by molar-refractivity contribution is 5.92. The molecule has 2 rings (SSSR count). The summed E-state index contributed by atoms with van der Waals surface area (Å²) in [6.07, 6.45) is 6.26. The van der Waals surface area contributed by atoms with E-state index < -0.39 is 5.91 Å². The molecule has 1 aromatic rings. The Labute approximate surface area is 124 Å². The van der Waals surface area contributed by atoms with Crippen LogP contribution in [0.1, 0.15) is 42.5 Å². The Balaban J connectivity index is 1.69. The molecule has 1 aliphatic rings. The molecule has 0 spiro atoms. The lowest BCUT2D eigenvalue weighted by atomic mass is 9.89. The Kier molecular flexibility index (Phi) is 5.60. The molecule has 1 aliphatic carbocycles. The molecule has 2 amide bonds. The van der Waals surface area contributed by atoms with Gasteiger partial charge in [-0.1, -0.05) is 19.3 Å². The molecule has 1 saturated carbocycles. The Morgan fingerprint density at radius 2 is 1.81 bits per heavy atom. The number of amides is 2. The molecule has 0 unspecified atom stereocenters. The van der Waals surface area contributed by atoms with Gasteiger partial charge < -0.3 is 15.8 Å². The molecular formula is C16H22N2O3.